The van der Waals surface area contributed by atoms with Crippen LogP contribution in [-0.2, 0) is 4.74 Å². The SMILES string of the molecule is COc1ccc(C(=O)N2CCCCN2C(=O)OC(C)(C)C)cc1. The van der Waals surface area contributed by atoms with Crippen molar-refractivity contribution in [3.8, 4) is 5.75 Å². The van der Waals surface area contributed by atoms with Crippen LogP contribution in [-0.4, -0.2) is 47.8 Å². The Morgan fingerprint density at radius 2 is 1.57 bits per heavy atom. The van der Waals surface area contributed by atoms with Crippen LogP contribution in [0.4, 0.5) is 4.79 Å². The van der Waals surface area contributed by atoms with Crippen molar-refractivity contribution in [3.63, 3.8) is 0 Å². The molecule has 6 heteroatoms. The van der Waals surface area contributed by atoms with Crippen LogP contribution in [0.3, 0.4) is 0 Å². The average Bonchev–Trinajstić information content (AvgIpc) is 2.52. The molecule has 0 spiro atoms. The van der Waals surface area contributed by atoms with Gasteiger partial charge in [0.1, 0.15) is 11.4 Å². The highest BCUT2D eigenvalue weighted by molar-refractivity contribution is 5.95. The highest BCUT2D eigenvalue weighted by atomic mass is 16.6. The van der Waals surface area contributed by atoms with Gasteiger partial charge in [-0.1, -0.05) is 0 Å². The number of ether oxygens (including phenoxy) is 2. The van der Waals surface area contributed by atoms with Gasteiger partial charge in [-0.15, -0.1) is 0 Å². The third-order valence-electron chi connectivity index (χ3n) is 3.46. The molecule has 1 aromatic carbocycles. The number of hydrogen-bond donors (Lipinski definition) is 0. The molecule has 1 saturated heterocycles. The van der Waals surface area contributed by atoms with Gasteiger partial charge < -0.3 is 9.47 Å². The fraction of sp³-hybridized carbons (Fsp3) is 0.529. The molecule has 1 aliphatic rings. The Morgan fingerprint density at radius 1 is 1.00 bits per heavy atom. The minimum absolute atomic E-state index is 0.210. The van der Waals surface area contributed by atoms with Gasteiger partial charge in [0.05, 0.1) is 7.11 Å². The molecule has 0 aliphatic carbocycles. The van der Waals surface area contributed by atoms with E-state index in [-0.39, 0.29) is 5.91 Å². The second-order valence-electron chi connectivity index (χ2n) is 6.47. The number of carbonyl (C=O) groups is 2. The summed E-state index contributed by atoms with van der Waals surface area (Å²) in [4.78, 5) is 25.1. The van der Waals surface area contributed by atoms with Crippen LogP contribution < -0.4 is 4.74 Å². The summed E-state index contributed by atoms with van der Waals surface area (Å²) in [6, 6.07) is 6.86. The molecule has 0 radical (unpaired) electrons. The van der Waals surface area contributed by atoms with Gasteiger partial charge in [0.25, 0.3) is 5.91 Å². The smallest absolute Gasteiger partial charge is 0.429 e. The van der Waals surface area contributed by atoms with E-state index in [0.717, 1.165) is 12.8 Å². The Bertz CT molecular complexity index is 563. The van der Waals surface area contributed by atoms with Gasteiger partial charge in [-0.05, 0) is 57.9 Å². The maximum Gasteiger partial charge on any atom is 0.429 e. The molecule has 0 unspecified atom stereocenters. The number of amides is 2. The molecule has 0 bridgehead atoms. The molecule has 126 valence electrons. The molecule has 1 aliphatic heterocycles. The fourth-order valence-corrected chi connectivity index (χ4v) is 2.36. The summed E-state index contributed by atoms with van der Waals surface area (Å²) in [5.41, 5.74) is -0.0788. The number of hydrogen-bond acceptors (Lipinski definition) is 4. The van der Waals surface area contributed by atoms with E-state index in [2.05, 4.69) is 0 Å². The third-order valence-corrected chi connectivity index (χ3v) is 3.46. The molecule has 0 atom stereocenters. The summed E-state index contributed by atoms with van der Waals surface area (Å²) in [6.07, 6.45) is 1.23. The largest absolute Gasteiger partial charge is 0.497 e. The lowest BCUT2D eigenvalue weighted by molar-refractivity contribution is -0.0504. The predicted molar refractivity (Wildman–Crippen MR) is 86.2 cm³/mol. The highest BCUT2D eigenvalue weighted by Gasteiger charge is 2.32. The van der Waals surface area contributed by atoms with E-state index >= 15 is 0 Å². The maximum absolute atomic E-state index is 12.7. The number of methoxy groups -OCH3 is 1. The lowest BCUT2D eigenvalue weighted by Crippen LogP contribution is -2.54. The molecule has 6 nitrogen and oxygen atoms in total. The lowest BCUT2D eigenvalue weighted by atomic mass is 10.1. The van der Waals surface area contributed by atoms with E-state index < -0.39 is 11.7 Å². The molecule has 2 amide bonds. The van der Waals surface area contributed by atoms with Gasteiger partial charge in [0.15, 0.2) is 0 Å². The van der Waals surface area contributed by atoms with E-state index in [1.54, 1.807) is 31.4 Å². The zero-order valence-corrected chi connectivity index (χ0v) is 14.2. The van der Waals surface area contributed by atoms with Crippen LogP contribution in [0.5, 0.6) is 5.75 Å². The van der Waals surface area contributed by atoms with E-state index in [9.17, 15) is 9.59 Å². The maximum atomic E-state index is 12.7. The Labute approximate surface area is 136 Å². The van der Waals surface area contributed by atoms with Crippen molar-refractivity contribution in [2.24, 2.45) is 0 Å². The third kappa shape index (κ3) is 4.37. The molecule has 1 heterocycles. The number of nitrogens with zero attached hydrogens (tertiary/aromatic N) is 2. The van der Waals surface area contributed by atoms with Crippen molar-refractivity contribution in [1.82, 2.24) is 10.0 Å². The van der Waals surface area contributed by atoms with Gasteiger partial charge in [0, 0.05) is 18.7 Å². The normalized spacial score (nSPS) is 15.3. The quantitative estimate of drug-likeness (QED) is 0.840. The van der Waals surface area contributed by atoms with Crippen molar-refractivity contribution < 1.29 is 19.1 Å². The molecule has 0 N–H and O–H groups in total. The van der Waals surface area contributed by atoms with Crippen LogP contribution in [0, 0.1) is 0 Å². The summed E-state index contributed by atoms with van der Waals surface area (Å²) in [6.45, 7) is 6.42. The van der Waals surface area contributed by atoms with E-state index in [1.165, 1.54) is 10.0 Å². The van der Waals surface area contributed by atoms with Crippen LogP contribution in [0.2, 0.25) is 0 Å². The van der Waals surface area contributed by atoms with Gasteiger partial charge in [0.2, 0.25) is 0 Å². The standard InChI is InChI=1S/C17H24N2O4/c1-17(2,3)23-16(21)19-12-6-5-11-18(19)15(20)13-7-9-14(22-4)10-8-13/h7-10H,5-6,11-12H2,1-4H3. The first-order valence-corrected chi connectivity index (χ1v) is 7.78. The number of rotatable bonds is 2. The van der Waals surface area contributed by atoms with Crippen molar-refractivity contribution in [2.75, 3.05) is 20.2 Å². The lowest BCUT2D eigenvalue weighted by Gasteiger charge is -2.39. The molecule has 0 aromatic heterocycles. The summed E-state index contributed by atoms with van der Waals surface area (Å²) in [5.74, 6) is 0.474. The molecule has 2 rings (SSSR count). The summed E-state index contributed by atoms with van der Waals surface area (Å²) < 4.78 is 10.5. The number of hydrazine groups is 1. The first-order chi connectivity index (χ1) is 10.8. The van der Waals surface area contributed by atoms with Gasteiger partial charge in [-0.25, -0.2) is 14.8 Å². The number of benzene rings is 1. The molecule has 23 heavy (non-hydrogen) atoms. The Hall–Kier alpha value is -2.24. The topological polar surface area (TPSA) is 59.1 Å². The van der Waals surface area contributed by atoms with Crippen molar-refractivity contribution in [2.45, 2.75) is 39.2 Å². The summed E-state index contributed by atoms with van der Waals surface area (Å²) in [5, 5.41) is 2.88. The van der Waals surface area contributed by atoms with Gasteiger partial charge in [-0.3, -0.25) is 4.79 Å². The average molecular weight is 320 g/mol. The van der Waals surface area contributed by atoms with Gasteiger partial charge >= 0.3 is 6.09 Å². The predicted octanol–water partition coefficient (Wildman–Crippen LogP) is 3.08. The van der Waals surface area contributed by atoms with Crippen LogP contribution in [0.15, 0.2) is 24.3 Å². The van der Waals surface area contributed by atoms with Crippen molar-refractivity contribution in [3.05, 3.63) is 29.8 Å². The highest BCUT2D eigenvalue weighted by Crippen LogP contribution is 2.20. The van der Waals surface area contributed by atoms with Crippen molar-refractivity contribution >= 4 is 12.0 Å². The molecule has 0 saturated carbocycles. The molecule has 1 fully saturated rings. The second-order valence-corrected chi connectivity index (χ2v) is 6.47. The Kier molecular flexibility index (Phi) is 5.13. The Balaban J connectivity index is 2.16. The van der Waals surface area contributed by atoms with Crippen molar-refractivity contribution in [1.29, 1.82) is 0 Å². The molecular weight excluding hydrogens is 296 g/mol. The zero-order chi connectivity index (χ0) is 17.0. The van der Waals surface area contributed by atoms with E-state index in [4.69, 9.17) is 9.47 Å². The first kappa shape index (κ1) is 17.1. The van der Waals surface area contributed by atoms with Crippen LogP contribution in [0.25, 0.3) is 0 Å². The minimum atomic E-state index is -0.594. The van der Waals surface area contributed by atoms with E-state index in [0.29, 0.717) is 24.4 Å². The summed E-state index contributed by atoms with van der Waals surface area (Å²) in [7, 11) is 1.58. The minimum Gasteiger partial charge on any atom is -0.497 e. The first-order valence-electron chi connectivity index (χ1n) is 7.78. The zero-order valence-electron chi connectivity index (χ0n) is 14.2. The summed E-state index contributed by atoms with van der Waals surface area (Å²) >= 11 is 0. The Morgan fingerprint density at radius 3 is 2.09 bits per heavy atom. The monoisotopic (exact) mass is 320 g/mol. The van der Waals surface area contributed by atoms with E-state index in [1.807, 2.05) is 20.8 Å². The van der Waals surface area contributed by atoms with Gasteiger partial charge in [-0.2, -0.15) is 0 Å². The fourth-order valence-electron chi connectivity index (χ4n) is 2.36. The van der Waals surface area contributed by atoms with Crippen LogP contribution >= 0.6 is 0 Å². The second kappa shape index (κ2) is 6.89. The molecular formula is C17H24N2O4. The van der Waals surface area contributed by atoms with Crippen LogP contribution in [0.1, 0.15) is 44.0 Å². The number of carbonyl (C=O) groups excluding carboxylic acids is 2. The molecule has 1 aromatic rings.